The van der Waals surface area contributed by atoms with E-state index < -0.39 is 27.8 Å². The first kappa shape index (κ1) is 26.4. The van der Waals surface area contributed by atoms with E-state index in [4.69, 9.17) is 4.74 Å². The van der Waals surface area contributed by atoms with Crippen molar-refractivity contribution in [3.8, 4) is 0 Å². The van der Waals surface area contributed by atoms with E-state index in [2.05, 4.69) is 13.5 Å². The number of benzene rings is 3. The summed E-state index contributed by atoms with van der Waals surface area (Å²) in [7, 11) is -2.83. The highest BCUT2D eigenvalue weighted by Crippen LogP contribution is 2.27. The van der Waals surface area contributed by atoms with Crippen LogP contribution in [0.1, 0.15) is 53.7 Å². The van der Waals surface area contributed by atoms with Crippen LogP contribution in [0, 0.1) is 0 Å². The summed E-state index contributed by atoms with van der Waals surface area (Å²) >= 11 is 1.06. The topological polar surface area (TPSA) is 115 Å². The third-order valence-electron chi connectivity index (χ3n) is 6.05. The highest BCUT2D eigenvalue weighted by atomic mass is 32.2. The van der Waals surface area contributed by atoms with E-state index in [1.165, 1.54) is 19.2 Å². The molecule has 1 amide bonds. The van der Waals surface area contributed by atoms with Crippen molar-refractivity contribution in [2.24, 2.45) is 0 Å². The summed E-state index contributed by atoms with van der Waals surface area (Å²) in [6, 6.07) is 18.4. The second-order valence-corrected chi connectivity index (χ2v) is 11.9. The number of aromatic nitrogens is 2. The number of carbonyl (C=O) groups is 2. The highest BCUT2D eigenvalue weighted by molar-refractivity contribution is 7.90. The molecule has 1 heterocycles. The summed E-state index contributed by atoms with van der Waals surface area (Å²) in [5.74, 6) is -2.06. The fraction of sp³-hybridized carbons (Fsp3) is 0.259. The minimum Gasteiger partial charge on any atom is -0.465 e. The molecule has 4 rings (SSSR count). The summed E-state index contributed by atoms with van der Waals surface area (Å²) in [6.07, 6.45) is 0.151. The molecular formula is C27H27N3O5S2. The number of nitrogens with zero attached hydrogens (tertiary/aromatic N) is 2. The lowest BCUT2D eigenvalue weighted by atomic mass is 9.87. The number of methoxy groups -OCH3 is 1. The molecule has 0 aliphatic heterocycles. The van der Waals surface area contributed by atoms with Gasteiger partial charge in [0.05, 0.1) is 35.2 Å². The largest absolute Gasteiger partial charge is 0.465 e. The monoisotopic (exact) mass is 537 g/mol. The van der Waals surface area contributed by atoms with Crippen molar-refractivity contribution in [2.75, 3.05) is 7.11 Å². The summed E-state index contributed by atoms with van der Waals surface area (Å²) in [5, 5.41) is 0. The van der Waals surface area contributed by atoms with Gasteiger partial charge in [-0.15, -0.1) is 0 Å². The van der Waals surface area contributed by atoms with Crippen LogP contribution in [0.4, 0.5) is 0 Å². The maximum absolute atomic E-state index is 13.5. The zero-order chi connectivity index (χ0) is 26.8. The maximum Gasteiger partial charge on any atom is 0.337 e. The molecule has 0 aliphatic carbocycles. The van der Waals surface area contributed by atoms with Crippen molar-refractivity contribution >= 4 is 44.7 Å². The molecule has 0 aliphatic rings. The molecule has 0 spiro atoms. The number of hydrogen-bond donors (Lipinski definition) is 1. The fourth-order valence-electron chi connectivity index (χ4n) is 3.95. The normalized spacial score (nSPS) is 12.8. The van der Waals surface area contributed by atoms with Gasteiger partial charge in [-0.25, -0.2) is 17.9 Å². The zero-order valence-electron chi connectivity index (χ0n) is 20.9. The highest BCUT2D eigenvalue weighted by Gasteiger charge is 2.28. The third-order valence-corrected chi connectivity index (χ3v) is 7.97. The number of nitrogens with one attached hydrogen (secondary N) is 1. The van der Waals surface area contributed by atoms with Crippen LogP contribution in [-0.2, 0) is 31.4 Å². The molecule has 1 N–H and O–H groups in total. The average Bonchev–Trinajstić information content (AvgIpc) is 3.34. The molecule has 0 bridgehead atoms. The van der Waals surface area contributed by atoms with Gasteiger partial charge in [0.15, 0.2) is 0 Å². The van der Waals surface area contributed by atoms with Crippen molar-refractivity contribution < 1.29 is 22.7 Å². The van der Waals surface area contributed by atoms with Crippen LogP contribution >= 0.6 is 11.7 Å². The molecule has 0 radical (unpaired) electrons. The molecule has 192 valence electrons. The first-order chi connectivity index (χ1) is 17.5. The summed E-state index contributed by atoms with van der Waals surface area (Å²) < 4.78 is 41.8. The minimum absolute atomic E-state index is 0.000517. The van der Waals surface area contributed by atoms with E-state index in [9.17, 15) is 18.0 Å². The number of fused-ring (bicyclic) bond motifs is 1. The Morgan fingerprint density at radius 3 is 2.35 bits per heavy atom. The molecule has 3 aromatic carbocycles. The molecule has 8 nitrogen and oxygen atoms in total. The zero-order valence-corrected chi connectivity index (χ0v) is 22.5. The lowest BCUT2D eigenvalue weighted by Crippen LogP contribution is -2.35. The van der Waals surface area contributed by atoms with E-state index in [1.807, 2.05) is 20.8 Å². The predicted molar refractivity (Wildman–Crippen MR) is 142 cm³/mol. The van der Waals surface area contributed by atoms with Gasteiger partial charge in [-0.05, 0) is 64.9 Å². The van der Waals surface area contributed by atoms with Crippen LogP contribution in [0.3, 0.4) is 0 Å². The lowest BCUT2D eigenvalue weighted by molar-refractivity contribution is -0.120. The van der Waals surface area contributed by atoms with E-state index in [0.717, 1.165) is 17.3 Å². The second kappa shape index (κ2) is 10.4. The number of amides is 1. The molecule has 10 heteroatoms. The fourth-order valence-corrected chi connectivity index (χ4v) is 5.49. The Labute approximate surface area is 220 Å². The smallest absolute Gasteiger partial charge is 0.337 e. The van der Waals surface area contributed by atoms with Gasteiger partial charge in [0.25, 0.3) is 10.0 Å². The quantitative estimate of drug-likeness (QED) is 0.342. The van der Waals surface area contributed by atoms with Crippen molar-refractivity contribution in [3.05, 3.63) is 89.0 Å². The molecule has 0 fully saturated rings. The summed E-state index contributed by atoms with van der Waals surface area (Å²) in [5.41, 5.74) is 3.73. The second-order valence-electron chi connectivity index (χ2n) is 9.71. The Morgan fingerprint density at radius 1 is 0.973 bits per heavy atom. The van der Waals surface area contributed by atoms with Crippen molar-refractivity contribution in [1.82, 2.24) is 13.5 Å². The van der Waals surface area contributed by atoms with E-state index >= 15 is 0 Å². The van der Waals surface area contributed by atoms with Crippen LogP contribution in [0.2, 0.25) is 0 Å². The van der Waals surface area contributed by atoms with Crippen molar-refractivity contribution in [2.45, 2.75) is 43.4 Å². The van der Waals surface area contributed by atoms with E-state index in [1.54, 1.807) is 54.6 Å². The molecule has 37 heavy (non-hydrogen) atoms. The van der Waals surface area contributed by atoms with E-state index in [0.29, 0.717) is 27.7 Å². The van der Waals surface area contributed by atoms with Crippen LogP contribution in [0.15, 0.2) is 71.6 Å². The van der Waals surface area contributed by atoms with Crippen LogP contribution in [0.25, 0.3) is 11.0 Å². The predicted octanol–water partition coefficient (Wildman–Crippen LogP) is 4.61. The van der Waals surface area contributed by atoms with Gasteiger partial charge in [-0.2, -0.15) is 8.75 Å². The van der Waals surface area contributed by atoms with Gasteiger partial charge in [-0.3, -0.25) is 4.79 Å². The number of sulfonamides is 1. The van der Waals surface area contributed by atoms with Crippen molar-refractivity contribution in [1.29, 1.82) is 0 Å². The summed E-state index contributed by atoms with van der Waals surface area (Å²) in [6.45, 7) is 6.10. The minimum atomic E-state index is -4.12. The number of carbonyl (C=O) groups excluding carboxylic acids is 2. The molecule has 1 unspecified atom stereocenters. The molecule has 1 aromatic heterocycles. The van der Waals surface area contributed by atoms with Crippen LogP contribution in [-0.4, -0.2) is 36.2 Å². The average molecular weight is 538 g/mol. The number of ether oxygens (including phenoxy) is 1. The maximum atomic E-state index is 13.5. The Hall–Kier alpha value is -3.63. The molecule has 4 aromatic rings. The van der Waals surface area contributed by atoms with Crippen LogP contribution in [0.5, 0.6) is 0 Å². The standard InChI is InChI=1S/C27H27N3O5S2/c1-27(2,3)20-9-11-21(12-10-20)37(33,34)30-25(31)22(18-8-13-23-24(16-18)29-36-28-23)15-17-6-5-7-19(14-17)26(32)35-4/h5-14,16,22H,15H2,1-4H3,(H,30,31). The number of hydrogen-bond acceptors (Lipinski definition) is 8. The van der Waals surface area contributed by atoms with Gasteiger partial charge in [0.1, 0.15) is 11.0 Å². The first-order valence-electron chi connectivity index (χ1n) is 11.5. The van der Waals surface area contributed by atoms with Crippen LogP contribution < -0.4 is 4.72 Å². The Bertz CT molecular complexity index is 1550. The Morgan fingerprint density at radius 2 is 1.68 bits per heavy atom. The number of rotatable bonds is 7. The van der Waals surface area contributed by atoms with Gasteiger partial charge in [0.2, 0.25) is 5.91 Å². The number of esters is 1. The van der Waals surface area contributed by atoms with Gasteiger partial charge in [0, 0.05) is 0 Å². The Kier molecular flexibility index (Phi) is 7.42. The van der Waals surface area contributed by atoms with Gasteiger partial charge < -0.3 is 4.74 Å². The Balaban J connectivity index is 1.67. The molecular weight excluding hydrogens is 510 g/mol. The van der Waals surface area contributed by atoms with Gasteiger partial charge >= 0.3 is 5.97 Å². The van der Waals surface area contributed by atoms with Crippen molar-refractivity contribution in [3.63, 3.8) is 0 Å². The first-order valence-corrected chi connectivity index (χ1v) is 13.8. The lowest BCUT2D eigenvalue weighted by Gasteiger charge is -2.20. The van der Waals surface area contributed by atoms with E-state index in [-0.39, 0.29) is 16.7 Å². The summed E-state index contributed by atoms with van der Waals surface area (Å²) in [4.78, 5) is 25.5. The molecule has 0 saturated carbocycles. The van der Waals surface area contributed by atoms with Gasteiger partial charge in [-0.1, -0.05) is 51.1 Å². The third kappa shape index (κ3) is 6.03. The SMILES string of the molecule is COC(=O)c1cccc(CC(C(=O)NS(=O)(=O)c2ccc(C(C)(C)C)cc2)c2ccc3nsnc3c2)c1. The molecule has 0 saturated heterocycles. The molecule has 1 atom stereocenters.